The van der Waals surface area contributed by atoms with Crippen molar-refractivity contribution < 1.29 is 19.2 Å². The van der Waals surface area contributed by atoms with E-state index >= 15 is 0 Å². The number of nitro groups is 1. The summed E-state index contributed by atoms with van der Waals surface area (Å²) in [5.74, 6) is 0.592. The zero-order valence-corrected chi connectivity index (χ0v) is 16.2. The van der Waals surface area contributed by atoms with Gasteiger partial charge in [0.05, 0.1) is 30.5 Å². The predicted molar refractivity (Wildman–Crippen MR) is 105 cm³/mol. The number of benzene rings is 2. The van der Waals surface area contributed by atoms with Crippen molar-refractivity contribution in [2.45, 2.75) is 23.5 Å². The zero-order valence-electron chi connectivity index (χ0n) is 15.4. The summed E-state index contributed by atoms with van der Waals surface area (Å²) in [4.78, 5) is 24.1. The molecule has 0 fully saturated rings. The van der Waals surface area contributed by atoms with Gasteiger partial charge in [-0.1, -0.05) is 18.2 Å². The average Bonchev–Trinajstić information content (AvgIpc) is 2.67. The molecule has 0 radical (unpaired) electrons. The number of amides is 1. The molecule has 0 aromatic heterocycles. The largest absolute Gasteiger partial charge is 0.493 e. The van der Waals surface area contributed by atoms with Gasteiger partial charge in [-0.25, -0.2) is 0 Å². The normalized spacial score (nSPS) is 11.5. The molecule has 1 atom stereocenters. The summed E-state index contributed by atoms with van der Waals surface area (Å²) < 4.78 is 10.3. The molecule has 1 amide bonds. The predicted octanol–water partition coefficient (Wildman–Crippen LogP) is 3.45. The van der Waals surface area contributed by atoms with E-state index in [0.29, 0.717) is 23.5 Å². The van der Waals surface area contributed by atoms with E-state index in [1.54, 1.807) is 6.07 Å². The van der Waals surface area contributed by atoms with Gasteiger partial charge in [0.1, 0.15) is 0 Å². The van der Waals surface area contributed by atoms with Crippen LogP contribution in [-0.4, -0.2) is 36.8 Å². The van der Waals surface area contributed by atoms with Crippen LogP contribution in [0.2, 0.25) is 0 Å². The minimum atomic E-state index is -0.465. The number of rotatable bonds is 9. The highest BCUT2D eigenvalue weighted by Crippen LogP contribution is 2.34. The Morgan fingerprint density at radius 2 is 1.81 bits per heavy atom. The van der Waals surface area contributed by atoms with E-state index in [-0.39, 0.29) is 23.4 Å². The zero-order chi connectivity index (χ0) is 19.8. The lowest BCUT2D eigenvalue weighted by atomic mass is 10.1. The van der Waals surface area contributed by atoms with Crippen LogP contribution in [0.15, 0.2) is 47.4 Å². The monoisotopic (exact) mass is 390 g/mol. The quantitative estimate of drug-likeness (QED) is 0.401. The highest BCUT2D eigenvalue weighted by molar-refractivity contribution is 8.00. The Labute approximate surface area is 162 Å². The standard InChI is InChI=1S/C19H22N2O5S/c1-13(27-15-7-5-4-6-8-15)19(22)20-10-9-14-11-17(25-2)18(26-3)12-16(14)21(23)24/h4-8,11-13H,9-10H2,1-3H3,(H,20,22)/t13-/m1/s1. The average molecular weight is 390 g/mol. The molecule has 7 nitrogen and oxygen atoms in total. The molecule has 0 aliphatic rings. The maximum Gasteiger partial charge on any atom is 0.276 e. The van der Waals surface area contributed by atoms with Gasteiger partial charge in [-0.2, -0.15) is 0 Å². The van der Waals surface area contributed by atoms with Crippen molar-refractivity contribution in [3.63, 3.8) is 0 Å². The van der Waals surface area contributed by atoms with E-state index in [4.69, 9.17) is 9.47 Å². The molecule has 144 valence electrons. The fourth-order valence-corrected chi connectivity index (χ4v) is 3.41. The minimum Gasteiger partial charge on any atom is -0.493 e. The van der Waals surface area contributed by atoms with Gasteiger partial charge in [-0.05, 0) is 31.5 Å². The van der Waals surface area contributed by atoms with E-state index in [9.17, 15) is 14.9 Å². The first kappa shape index (κ1) is 20.6. The summed E-state index contributed by atoms with van der Waals surface area (Å²) in [6, 6.07) is 12.6. The summed E-state index contributed by atoms with van der Waals surface area (Å²) >= 11 is 1.46. The van der Waals surface area contributed by atoms with Crippen molar-refractivity contribution in [3.8, 4) is 11.5 Å². The molecule has 0 heterocycles. The molecule has 0 bridgehead atoms. The number of hydrogen-bond donors (Lipinski definition) is 1. The van der Waals surface area contributed by atoms with Gasteiger partial charge < -0.3 is 14.8 Å². The summed E-state index contributed by atoms with van der Waals surface area (Å²) in [6.45, 7) is 2.11. The van der Waals surface area contributed by atoms with Crippen molar-refractivity contribution in [1.29, 1.82) is 0 Å². The molecule has 27 heavy (non-hydrogen) atoms. The van der Waals surface area contributed by atoms with Crippen LogP contribution < -0.4 is 14.8 Å². The number of thioether (sulfide) groups is 1. The van der Waals surface area contributed by atoms with Gasteiger partial charge in [0.25, 0.3) is 5.69 Å². The Morgan fingerprint density at radius 3 is 2.41 bits per heavy atom. The molecule has 0 aliphatic carbocycles. The third-order valence-electron chi connectivity index (χ3n) is 3.90. The Morgan fingerprint density at radius 1 is 1.19 bits per heavy atom. The number of nitro benzene ring substituents is 1. The van der Waals surface area contributed by atoms with E-state index < -0.39 is 4.92 Å². The van der Waals surface area contributed by atoms with Gasteiger partial charge in [0.2, 0.25) is 5.91 Å². The van der Waals surface area contributed by atoms with Crippen molar-refractivity contribution in [1.82, 2.24) is 5.32 Å². The number of nitrogens with one attached hydrogen (secondary N) is 1. The molecule has 2 aromatic rings. The van der Waals surface area contributed by atoms with Gasteiger partial charge in [0, 0.05) is 17.0 Å². The molecule has 0 unspecified atom stereocenters. The maximum absolute atomic E-state index is 12.3. The second kappa shape index (κ2) is 9.82. The van der Waals surface area contributed by atoms with Crippen LogP contribution in [0, 0.1) is 10.1 Å². The fraction of sp³-hybridized carbons (Fsp3) is 0.316. The number of hydrogen-bond acceptors (Lipinski definition) is 6. The smallest absolute Gasteiger partial charge is 0.276 e. The minimum absolute atomic E-state index is 0.0615. The van der Waals surface area contributed by atoms with Crippen LogP contribution in [-0.2, 0) is 11.2 Å². The third kappa shape index (κ3) is 5.62. The topological polar surface area (TPSA) is 90.7 Å². The van der Waals surface area contributed by atoms with Crippen LogP contribution in [0.25, 0.3) is 0 Å². The molecular weight excluding hydrogens is 368 g/mol. The summed E-state index contributed by atoms with van der Waals surface area (Å²) in [7, 11) is 2.89. The van der Waals surface area contributed by atoms with E-state index in [2.05, 4.69) is 5.32 Å². The van der Waals surface area contributed by atoms with Crippen molar-refractivity contribution >= 4 is 23.4 Å². The Bertz CT molecular complexity index is 798. The van der Waals surface area contributed by atoms with E-state index in [1.165, 1.54) is 32.0 Å². The third-order valence-corrected chi connectivity index (χ3v) is 5.01. The van der Waals surface area contributed by atoms with Gasteiger partial charge in [-0.3, -0.25) is 14.9 Å². The van der Waals surface area contributed by atoms with Crippen LogP contribution in [0.4, 0.5) is 5.69 Å². The van der Waals surface area contributed by atoms with Crippen LogP contribution in [0.1, 0.15) is 12.5 Å². The van der Waals surface area contributed by atoms with Crippen LogP contribution in [0.5, 0.6) is 11.5 Å². The summed E-state index contributed by atoms with van der Waals surface area (Å²) in [6.07, 6.45) is 0.311. The molecule has 1 N–H and O–H groups in total. The number of nitrogens with zero attached hydrogens (tertiary/aromatic N) is 1. The van der Waals surface area contributed by atoms with Gasteiger partial charge in [-0.15, -0.1) is 11.8 Å². The van der Waals surface area contributed by atoms with E-state index in [0.717, 1.165) is 4.90 Å². The molecule has 0 spiro atoms. The molecule has 2 aromatic carbocycles. The Balaban J connectivity index is 1.99. The number of carbonyl (C=O) groups is 1. The number of carbonyl (C=O) groups excluding carboxylic acids is 1. The van der Waals surface area contributed by atoms with Gasteiger partial charge in [0.15, 0.2) is 11.5 Å². The van der Waals surface area contributed by atoms with Crippen molar-refractivity contribution in [3.05, 3.63) is 58.1 Å². The first-order chi connectivity index (χ1) is 13.0. The Hall–Kier alpha value is -2.74. The van der Waals surface area contributed by atoms with Crippen molar-refractivity contribution in [2.75, 3.05) is 20.8 Å². The highest BCUT2D eigenvalue weighted by Gasteiger charge is 2.20. The second-order valence-electron chi connectivity index (χ2n) is 5.71. The van der Waals surface area contributed by atoms with Gasteiger partial charge >= 0.3 is 0 Å². The molecular formula is C19H22N2O5S. The van der Waals surface area contributed by atoms with E-state index in [1.807, 2.05) is 37.3 Å². The van der Waals surface area contributed by atoms with Crippen LogP contribution >= 0.6 is 11.8 Å². The maximum atomic E-state index is 12.3. The molecule has 0 saturated heterocycles. The Kier molecular flexibility index (Phi) is 7.48. The SMILES string of the molecule is COc1cc(CCNC(=O)[C@@H](C)Sc2ccccc2)c([N+](=O)[O-])cc1OC. The highest BCUT2D eigenvalue weighted by atomic mass is 32.2. The van der Waals surface area contributed by atoms with Crippen molar-refractivity contribution in [2.24, 2.45) is 0 Å². The first-order valence-electron chi connectivity index (χ1n) is 8.35. The number of methoxy groups -OCH3 is 2. The molecule has 2 rings (SSSR count). The molecule has 0 aliphatic heterocycles. The fourth-order valence-electron chi connectivity index (χ4n) is 2.50. The second-order valence-corrected chi connectivity index (χ2v) is 7.12. The van der Waals surface area contributed by atoms with Crippen LogP contribution in [0.3, 0.4) is 0 Å². The lowest BCUT2D eigenvalue weighted by Crippen LogP contribution is -2.32. The lowest BCUT2D eigenvalue weighted by molar-refractivity contribution is -0.385. The summed E-state index contributed by atoms with van der Waals surface area (Å²) in [5, 5.41) is 13.9. The molecule has 8 heteroatoms. The first-order valence-corrected chi connectivity index (χ1v) is 9.23. The molecule has 0 saturated carbocycles. The lowest BCUT2D eigenvalue weighted by Gasteiger charge is -2.13. The number of ether oxygens (including phenoxy) is 2. The summed E-state index contributed by atoms with van der Waals surface area (Å²) in [5.41, 5.74) is 0.412.